The minimum Gasteiger partial charge on any atom is -0.285 e. The first kappa shape index (κ1) is 8.69. The zero-order valence-corrected chi connectivity index (χ0v) is 7.88. The van der Waals surface area contributed by atoms with E-state index in [-0.39, 0.29) is 0 Å². The normalized spacial score (nSPS) is 17.2. The Hall–Kier alpha value is -1.90. The maximum atomic E-state index is 4.42. The maximum absolute atomic E-state index is 4.42. The molecule has 69 valence electrons. The molecule has 14 heavy (non-hydrogen) atoms. The quantitative estimate of drug-likeness (QED) is 0.673. The lowest BCUT2D eigenvalue weighted by Crippen LogP contribution is -2.07. The van der Waals surface area contributed by atoms with E-state index in [2.05, 4.69) is 15.3 Å². The van der Waals surface area contributed by atoms with Gasteiger partial charge in [0.2, 0.25) is 0 Å². The fourth-order valence-corrected chi connectivity index (χ4v) is 1.21. The highest BCUT2D eigenvalue weighted by atomic mass is 14.9. The predicted octanol–water partition coefficient (Wildman–Crippen LogP) is 1.92. The lowest BCUT2D eigenvalue weighted by molar-refractivity contribution is 1.03. The van der Waals surface area contributed by atoms with Crippen LogP contribution in [-0.4, -0.2) is 19.0 Å². The van der Waals surface area contributed by atoms with Crippen LogP contribution in [0.25, 0.3) is 0 Å². The van der Waals surface area contributed by atoms with E-state index in [1.54, 1.807) is 19.5 Å². The molecule has 1 aromatic rings. The highest BCUT2D eigenvalue weighted by Gasteiger charge is 2.08. The fraction of sp³-hybridized carbons (Fsp3) is 0.0909. The third kappa shape index (κ3) is 1.71. The van der Waals surface area contributed by atoms with Crippen molar-refractivity contribution in [3.05, 3.63) is 42.2 Å². The number of nitrogens with zero attached hydrogens (tertiary/aromatic N) is 3. The van der Waals surface area contributed by atoms with Crippen LogP contribution in [0.1, 0.15) is 0 Å². The molecule has 0 aliphatic carbocycles. The molecule has 1 aliphatic heterocycles. The molecular weight excluding hydrogens is 174 g/mol. The second-order valence-electron chi connectivity index (χ2n) is 2.85. The fourth-order valence-electron chi connectivity index (χ4n) is 1.21. The molecule has 0 atom stereocenters. The Bertz CT molecular complexity index is 402. The lowest BCUT2D eigenvalue weighted by Gasteiger charge is -1.98. The van der Waals surface area contributed by atoms with Crippen LogP contribution in [0.3, 0.4) is 0 Å². The largest absolute Gasteiger partial charge is 0.285 e. The van der Waals surface area contributed by atoms with Gasteiger partial charge < -0.3 is 0 Å². The summed E-state index contributed by atoms with van der Waals surface area (Å²) in [6.07, 6.45) is 3.43. The third-order valence-corrected chi connectivity index (χ3v) is 1.90. The van der Waals surface area contributed by atoms with Crippen molar-refractivity contribution < 1.29 is 0 Å². The molecule has 0 fully saturated rings. The minimum absolute atomic E-state index is 0.818. The monoisotopic (exact) mass is 184 g/mol. The van der Waals surface area contributed by atoms with Crippen molar-refractivity contribution in [1.29, 1.82) is 0 Å². The number of benzene rings is 1. The molecule has 0 saturated heterocycles. The molecule has 0 amide bonds. The summed E-state index contributed by atoms with van der Waals surface area (Å²) in [6.45, 7) is 0. The molecule has 1 heterocycles. The van der Waals surface area contributed by atoms with Gasteiger partial charge in [-0.1, -0.05) is 18.2 Å². The molecule has 0 bridgehead atoms. The second kappa shape index (κ2) is 3.87. The van der Waals surface area contributed by atoms with Crippen molar-refractivity contribution in [3.63, 3.8) is 0 Å². The first-order valence-electron chi connectivity index (χ1n) is 4.37. The molecule has 3 nitrogen and oxygen atoms in total. The van der Waals surface area contributed by atoms with Gasteiger partial charge in [-0.15, -0.1) is 0 Å². The van der Waals surface area contributed by atoms with E-state index >= 15 is 0 Å². The molecule has 1 radical (unpaired) electrons. The summed E-state index contributed by atoms with van der Waals surface area (Å²) < 4.78 is 0. The van der Waals surface area contributed by atoms with E-state index in [9.17, 15) is 0 Å². The Kier molecular flexibility index (Phi) is 2.40. The van der Waals surface area contributed by atoms with Crippen LogP contribution >= 0.6 is 0 Å². The molecule has 2 rings (SSSR count). The summed E-state index contributed by atoms with van der Waals surface area (Å²) in [5.41, 5.74) is 2.57. The summed E-state index contributed by atoms with van der Waals surface area (Å²) in [5.74, 6) is 0. The number of para-hydroxylation sites is 1. The van der Waals surface area contributed by atoms with Crippen LogP contribution in [0, 0.1) is 0 Å². The first-order chi connectivity index (χ1) is 6.90. The number of hydrogen-bond donors (Lipinski definition) is 0. The Morgan fingerprint density at radius 2 is 1.93 bits per heavy atom. The van der Waals surface area contributed by atoms with Crippen LogP contribution in [0.5, 0.6) is 0 Å². The van der Waals surface area contributed by atoms with Gasteiger partial charge in [-0.25, -0.2) is 4.99 Å². The Labute approximate surface area is 82.9 Å². The van der Waals surface area contributed by atoms with Crippen LogP contribution in [0.15, 0.2) is 52.2 Å². The van der Waals surface area contributed by atoms with Gasteiger partial charge in [-0.2, -0.15) is 0 Å². The van der Waals surface area contributed by atoms with Crippen molar-refractivity contribution in [3.8, 4) is 0 Å². The molecule has 0 spiro atoms. The van der Waals surface area contributed by atoms with Crippen LogP contribution < -0.4 is 5.32 Å². The second-order valence-corrected chi connectivity index (χ2v) is 2.85. The van der Waals surface area contributed by atoms with Gasteiger partial charge in [-0.3, -0.25) is 10.3 Å². The smallest absolute Gasteiger partial charge is 0.109 e. The molecule has 1 aliphatic rings. The SMILES string of the molecule is C[N]C1=CN=CC1=Nc1ccccc1. The standard InChI is InChI=1S/C11H10N3/c1-12-10-7-13-8-11(10)14-9-5-3-2-4-6-9/h2-8H,1H3. The summed E-state index contributed by atoms with van der Waals surface area (Å²) in [4.78, 5) is 8.42. The lowest BCUT2D eigenvalue weighted by atomic mass is 10.3. The number of hydrogen-bond acceptors (Lipinski definition) is 2. The molecular formula is C11H10N3. The van der Waals surface area contributed by atoms with Gasteiger partial charge in [0.15, 0.2) is 0 Å². The van der Waals surface area contributed by atoms with E-state index < -0.39 is 0 Å². The molecule has 3 heteroatoms. The van der Waals surface area contributed by atoms with Crippen molar-refractivity contribution >= 4 is 17.6 Å². The van der Waals surface area contributed by atoms with Crippen molar-refractivity contribution in [2.24, 2.45) is 9.98 Å². The molecule has 1 aromatic carbocycles. The molecule has 0 aromatic heterocycles. The number of rotatable bonds is 2. The van der Waals surface area contributed by atoms with Crippen molar-refractivity contribution in [1.82, 2.24) is 5.32 Å². The average molecular weight is 184 g/mol. The van der Waals surface area contributed by atoms with Crippen LogP contribution in [-0.2, 0) is 0 Å². The average Bonchev–Trinajstić information content (AvgIpc) is 2.67. The highest BCUT2D eigenvalue weighted by Crippen LogP contribution is 2.13. The third-order valence-electron chi connectivity index (χ3n) is 1.90. The topological polar surface area (TPSA) is 38.8 Å². The maximum Gasteiger partial charge on any atom is 0.109 e. The van der Waals surface area contributed by atoms with Gasteiger partial charge in [-0.05, 0) is 12.1 Å². The van der Waals surface area contributed by atoms with Gasteiger partial charge in [0.05, 0.1) is 18.1 Å². The summed E-state index contributed by atoms with van der Waals surface area (Å²) in [7, 11) is 1.74. The molecule has 0 N–H and O–H groups in total. The zero-order valence-electron chi connectivity index (χ0n) is 7.88. The summed E-state index contributed by atoms with van der Waals surface area (Å²) >= 11 is 0. The van der Waals surface area contributed by atoms with Crippen molar-refractivity contribution in [2.45, 2.75) is 0 Å². The predicted molar refractivity (Wildman–Crippen MR) is 58.2 cm³/mol. The van der Waals surface area contributed by atoms with Gasteiger partial charge >= 0.3 is 0 Å². The van der Waals surface area contributed by atoms with E-state index in [1.165, 1.54) is 0 Å². The van der Waals surface area contributed by atoms with Crippen LogP contribution in [0.2, 0.25) is 0 Å². The minimum atomic E-state index is 0.818. The van der Waals surface area contributed by atoms with Gasteiger partial charge in [0.25, 0.3) is 0 Å². The molecule has 0 saturated carbocycles. The Morgan fingerprint density at radius 1 is 1.14 bits per heavy atom. The van der Waals surface area contributed by atoms with Gasteiger partial charge in [0.1, 0.15) is 11.4 Å². The Balaban J connectivity index is 2.28. The van der Waals surface area contributed by atoms with E-state index in [0.29, 0.717) is 0 Å². The Morgan fingerprint density at radius 3 is 2.64 bits per heavy atom. The van der Waals surface area contributed by atoms with E-state index in [1.807, 2.05) is 30.3 Å². The van der Waals surface area contributed by atoms with Crippen LogP contribution in [0.4, 0.5) is 5.69 Å². The van der Waals surface area contributed by atoms with Crippen molar-refractivity contribution in [2.75, 3.05) is 7.05 Å². The number of aliphatic imine (C=N–C) groups is 2. The van der Waals surface area contributed by atoms with E-state index in [4.69, 9.17) is 0 Å². The summed E-state index contributed by atoms with van der Waals surface area (Å²) in [6, 6.07) is 9.78. The first-order valence-corrected chi connectivity index (χ1v) is 4.37. The molecule has 0 unspecified atom stereocenters. The van der Waals surface area contributed by atoms with Gasteiger partial charge in [0, 0.05) is 7.05 Å². The van der Waals surface area contributed by atoms with E-state index in [0.717, 1.165) is 17.1 Å². The highest BCUT2D eigenvalue weighted by molar-refractivity contribution is 6.40. The summed E-state index contributed by atoms with van der Waals surface area (Å²) in [5, 5.41) is 4.07. The number of allylic oxidation sites excluding steroid dienone is 1. The zero-order chi connectivity index (χ0) is 9.80.